The lowest BCUT2D eigenvalue weighted by Crippen LogP contribution is -2.52. The fourth-order valence-electron chi connectivity index (χ4n) is 1.94. The Labute approximate surface area is 129 Å². The first-order valence-corrected chi connectivity index (χ1v) is 6.67. The highest BCUT2D eigenvalue weighted by Crippen LogP contribution is 2.48. The average molecular weight is 336 g/mol. The highest BCUT2D eigenvalue weighted by atomic mass is 35.5. The molecule has 0 spiro atoms. The summed E-state index contributed by atoms with van der Waals surface area (Å²) < 4.78 is 50.3. The first-order chi connectivity index (χ1) is 10.2. The number of allylic oxidation sites excluding steroid dienone is 1. The molecule has 1 unspecified atom stereocenters. The molecule has 2 rings (SSSR count). The fourth-order valence-corrected chi connectivity index (χ4v) is 2.12. The van der Waals surface area contributed by atoms with Crippen molar-refractivity contribution in [3.8, 4) is 0 Å². The van der Waals surface area contributed by atoms with Crippen molar-refractivity contribution < 1.29 is 27.4 Å². The Bertz CT molecular complexity index is 626. The van der Waals surface area contributed by atoms with Gasteiger partial charge in [-0.05, 0) is 32.0 Å². The second-order valence-electron chi connectivity index (χ2n) is 4.91. The second-order valence-corrected chi connectivity index (χ2v) is 5.35. The summed E-state index contributed by atoms with van der Waals surface area (Å²) >= 11 is 5.77. The van der Waals surface area contributed by atoms with E-state index in [0.29, 0.717) is 0 Å². The molecule has 0 bridgehead atoms. The Balaban J connectivity index is 2.55. The Morgan fingerprint density at radius 3 is 2.73 bits per heavy atom. The number of fused-ring (bicyclic) bond motifs is 1. The summed E-state index contributed by atoms with van der Waals surface area (Å²) in [4.78, 5) is 11.5. The van der Waals surface area contributed by atoms with Crippen molar-refractivity contribution in [2.24, 2.45) is 0 Å². The van der Waals surface area contributed by atoms with Gasteiger partial charge in [0.25, 0.3) is 0 Å². The van der Waals surface area contributed by atoms with Gasteiger partial charge in [-0.3, -0.25) is 5.32 Å². The molecule has 1 aliphatic rings. The summed E-state index contributed by atoms with van der Waals surface area (Å²) in [6.07, 6.45) is -4.77. The Hall–Kier alpha value is -1.73. The lowest BCUT2D eigenvalue weighted by atomic mass is 10.0. The van der Waals surface area contributed by atoms with E-state index in [9.17, 15) is 18.0 Å². The molecule has 1 aromatic rings. The first-order valence-electron chi connectivity index (χ1n) is 6.30. The third kappa shape index (κ3) is 3.05. The number of cyclic esters (lactones) is 1. The summed E-state index contributed by atoms with van der Waals surface area (Å²) in [5, 5.41) is 2.27. The van der Waals surface area contributed by atoms with Crippen molar-refractivity contribution in [2.75, 3.05) is 11.9 Å². The van der Waals surface area contributed by atoms with E-state index >= 15 is 0 Å². The standard InChI is InChI=1S/C14H13ClF3NO3/c1-8(2)5-6-21-13(14(16,17)18)10-7-9(15)3-4-11(10)19-12(20)22-13/h3-5,7H,6H2,1-2H3,(H,19,20). The van der Waals surface area contributed by atoms with Crippen LogP contribution in [0.25, 0.3) is 0 Å². The van der Waals surface area contributed by atoms with Crippen LogP contribution in [0, 0.1) is 0 Å². The highest BCUT2D eigenvalue weighted by molar-refractivity contribution is 6.30. The Kier molecular flexibility index (Phi) is 4.39. The van der Waals surface area contributed by atoms with Crippen molar-refractivity contribution in [1.82, 2.24) is 0 Å². The van der Waals surface area contributed by atoms with Gasteiger partial charge in [0, 0.05) is 5.02 Å². The summed E-state index contributed by atoms with van der Waals surface area (Å²) in [5.74, 6) is -3.19. The van der Waals surface area contributed by atoms with Gasteiger partial charge in [-0.1, -0.05) is 23.3 Å². The van der Waals surface area contributed by atoms with Crippen LogP contribution in [0.4, 0.5) is 23.7 Å². The van der Waals surface area contributed by atoms with E-state index in [4.69, 9.17) is 16.3 Å². The van der Waals surface area contributed by atoms with Crippen molar-refractivity contribution in [3.63, 3.8) is 0 Å². The maximum Gasteiger partial charge on any atom is 0.460 e. The van der Waals surface area contributed by atoms with Gasteiger partial charge in [0.2, 0.25) is 0 Å². The maximum atomic E-state index is 13.6. The Morgan fingerprint density at radius 1 is 1.45 bits per heavy atom. The number of amides is 1. The number of ether oxygens (including phenoxy) is 2. The van der Waals surface area contributed by atoms with Gasteiger partial charge in [0.1, 0.15) is 0 Å². The number of anilines is 1. The van der Waals surface area contributed by atoms with Crippen molar-refractivity contribution in [1.29, 1.82) is 0 Å². The molecule has 1 atom stereocenters. The smallest absolute Gasteiger partial charge is 0.402 e. The molecule has 0 aliphatic carbocycles. The zero-order valence-corrected chi connectivity index (χ0v) is 12.5. The summed E-state index contributed by atoms with van der Waals surface area (Å²) in [6, 6.07) is 3.69. The van der Waals surface area contributed by atoms with Gasteiger partial charge in [0.15, 0.2) is 0 Å². The largest absolute Gasteiger partial charge is 0.460 e. The molecule has 120 valence electrons. The third-order valence-corrected chi connectivity index (χ3v) is 3.20. The molecule has 1 aliphatic heterocycles. The molecule has 0 fully saturated rings. The summed E-state index contributed by atoms with van der Waals surface area (Å²) in [6.45, 7) is 3.05. The third-order valence-electron chi connectivity index (χ3n) is 2.96. The number of benzene rings is 1. The quantitative estimate of drug-likeness (QED) is 0.821. The van der Waals surface area contributed by atoms with Crippen LogP contribution >= 0.6 is 11.6 Å². The van der Waals surface area contributed by atoms with E-state index in [-0.39, 0.29) is 17.3 Å². The number of nitrogens with one attached hydrogen (secondary N) is 1. The molecular weight excluding hydrogens is 323 g/mol. The molecular formula is C14H13ClF3NO3. The minimum absolute atomic E-state index is 0.0600. The zero-order valence-electron chi connectivity index (χ0n) is 11.8. The molecule has 0 radical (unpaired) electrons. The summed E-state index contributed by atoms with van der Waals surface area (Å²) in [5.41, 5.74) is 0.313. The molecule has 0 aromatic heterocycles. The van der Waals surface area contributed by atoms with E-state index in [0.717, 1.165) is 11.6 Å². The number of hydrogen-bond donors (Lipinski definition) is 1. The number of halogens is 4. The van der Waals surface area contributed by atoms with Crippen molar-refractivity contribution in [3.05, 3.63) is 40.4 Å². The normalized spacial score (nSPS) is 20.7. The number of alkyl halides is 3. The lowest BCUT2D eigenvalue weighted by molar-refractivity contribution is -0.368. The van der Waals surface area contributed by atoms with Crippen LogP contribution in [-0.2, 0) is 15.3 Å². The van der Waals surface area contributed by atoms with Crippen LogP contribution < -0.4 is 5.32 Å². The number of rotatable bonds is 3. The van der Waals surface area contributed by atoms with Gasteiger partial charge in [-0.15, -0.1) is 0 Å². The second kappa shape index (κ2) is 5.81. The van der Waals surface area contributed by atoms with Crippen LogP contribution in [0.1, 0.15) is 19.4 Å². The van der Waals surface area contributed by atoms with Gasteiger partial charge in [0.05, 0.1) is 17.9 Å². The summed E-state index contributed by atoms with van der Waals surface area (Å²) in [7, 11) is 0. The molecule has 1 heterocycles. The van der Waals surface area contributed by atoms with Crippen LogP contribution in [0.5, 0.6) is 0 Å². The van der Waals surface area contributed by atoms with Crippen LogP contribution in [0.2, 0.25) is 5.02 Å². The molecule has 1 N–H and O–H groups in total. The molecule has 1 aromatic carbocycles. The topological polar surface area (TPSA) is 47.6 Å². The minimum atomic E-state index is -4.97. The molecule has 0 saturated carbocycles. The maximum absolute atomic E-state index is 13.6. The van der Waals surface area contributed by atoms with E-state index < -0.39 is 23.6 Å². The zero-order chi connectivity index (χ0) is 16.5. The predicted molar refractivity (Wildman–Crippen MR) is 74.7 cm³/mol. The first kappa shape index (κ1) is 16.6. The number of carbonyl (C=O) groups excluding carboxylic acids is 1. The SMILES string of the molecule is CC(C)=CCOC1(C(F)(F)F)OC(=O)Nc2ccc(Cl)cc21. The van der Waals surface area contributed by atoms with Gasteiger partial charge < -0.3 is 9.47 Å². The van der Waals surface area contributed by atoms with E-state index in [1.54, 1.807) is 13.8 Å². The number of hydrogen-bond acceptors (Lipinski definition) is 3. The molecule has 8 heteroatoms. The molecule has 4 nitrogen and oxygen atoms in total. The number of carbonyl (C=O) groups is 1. The Morgan fingerprint density at radius 2 is 2.14 bits per heavy atom. The van der Waals surface area contributed by atoms with Crippen molar-refractivity contribution >= 4 is 23.4 Å². The van der Waals surface area contributed by atoms with E-state index in [1.807, 2.05) is 0 Å². The monoisotopic (exact) mass is 335 g/mol. The fraction of sp³-hybridized carbons (Fsp3) is 0.357. The molecule has 0 saturated heterocycles. The van der Waals surface area contributed by atoms with Crippen molar-refractivity contribution in [2.45, 2.75) is 25.8 Å². The van der Waals surface area contributed by atoms with Gasteiger partial charge in [-0.2, -0.15) is 13.2 Å². The highest BCUT2D eigenvalue weighted by Gasteiger charge is 2.64. The minimum Gasteiger partial charge on any atom is -0.402 e. The lowest BCUT2D eigenvalue weighted by Gasteiger charge is -2.38. The molecule has 1 amide bonds. The molecule has 22 heavy (non-hydrogen) atoms. The van der Waals surface area contributed by atoms with Gasteiger partial charge >= 0.3 is 18.1 Å². The van der Waals surface area contributed by atoms with Gasteiger partial charge in [-0.25, -0.2) is 4.79 Å². The van der Waals surface area contributed by atoms with E-state index in [1.165, 1.54) is 18.2 Å². The van der Waals surface area contributed by atoms with Crippen LogP contribution in [0.15, 0.2) is 29.8 Å². The predicted octanol–water partition coefficient (Wildman–Crippen LogP) is 4.60. The van der Waals surface area contributed by atoms with E-state index in [2.05, 4.69) is 10.1 Å². The van der Waals surface area contributed by atoms with Crippen LogP contribution in [0.3, 0.4) is 0 Å². The van der Waals surface area contributed by atoms with Crippen LogP contribution in [-0.4, -0.2) is 18.9 Å². The average Bonchev–Trinajstić information content (AvgIpc) is 2.37.